The van der Waals surface area contributed by atoms with Gasteiger partial charge < -0.3 is 15.6 Å². The SMILES string of the molecule is CNC(=O)c1ccc(NC(=O)c2cc3cc(C)ccc3[nH]2)cc1. The van der Waals surface area contributed by atoms with E-state index < -0.39 is 0 Å². The van der Waals surface area contributed by atoms with Crippen molar-refractivity contribution in [1.29, 1.82) is 0 Å². The number of rotatable bonds is 3. The number of aryl methyl sites for hydroxylation is 1. The highest BCUT2D eigenvalue weighted by atomic mass is 16.2. The zero-order chi connectivity index (χ0) is 16.4. The second-order valence-corrected chi connectivity index (χ2v) is 5.38. The number of benzene rings is 2. The van der Waals surface area contributed by atoms with E-state index in [0.29, 0.717) is 16.9 Å². The van der Waals surface area contributed by atoms with Gasteiger partial charge in [-0.2, -0.15) is 0 Å². The lowest BCUT2D eigenvalue weighted by Gasteiger charge is -2.05. The molecule has 2 amide bonds. The highest BCUT2D eigenvalue weighted by Gasteiger charge is 2.10. The molecule has 3 N–H and O–H groups in total. The van der Waals surface area contributed by atoms with Crippen molar-refractivity contribution in [3.63, 3.8) is 0 Å². The Morgan fingerprint density at radius 2 is 1.70 bits per heavy atom. The number of carbonyl (C=O) groups excluding carboxylic acids is 2. The zero-order valence-corrected chi connectivity index (χ0v) is 12.9. The number of amides is 2. The third kappa shape index (κ3) is 3.08. The lowest BCUT2D eigenvalue weighted by atomic mass is 10.2. The molecule has 3 aromatic rings. The minimum Gasteiger partial charge on any atom is -0.355 e. The molecule has 0 saturated carbocycles. The molecule has 5 heteroatoms. The van der Waals surface area contributed by atoms with E-state index in [9.17, 15) is 9.59 Å². The van der Waals surface area contributed by atoms with Gasteiger partial charge in [0.05, 0.1) is 0 Å². The molecule has 0 saturated heterocycles. The standard InChI is InChI=1S/C18H17N3O2/c1-11-3-8-15-13(9-11)10-16(21-15)18(23)20-14-6-4-12(5-7-14)17(22)19-2/h3-10,21H,1-2H3,(H,19,22)(H,20,23). The van der Waals surface area contributed by atoms with E-state index in [1.54, 1.807) is 31.3 Å². The first-order valence-electron chi connectivity index (χ1n) is 7.29. The van der Waals surface area contributed by atoms with E-state index in [4.69, 9.17) is 0 Å². The van der Waals surface area contributed by atoms with Gasteiger partial charge in [-0.3, -0.25) is 9.59 Å². The van der Waals surface area contributed by atoms with Crippen molar-refractivity contribution in [3.05, 3.63) is 65.4 Å². The molecule has 0 aliphatic carbocycles. The van der Waals surface area contributed by atoms with Gasteiger partial charge in [0, 0.05) is 29.2 Å². The molecule has 0 aliphatic rings. The van der Waals surface area contributed by atoms with Crippen LogP contribution in [0.4, 0.5) is 5.69 Å². The summed E-state index contributed by atoms with van der Waals surface area (Å²) in [6.07, 6.45) is 0. The monoisotopic (exact) mass is 307 g/mol. The molecule has 0 unspecified atom stereocenters. The molecule has 0 spiro atoms. The first-order valence-corrected chi connectivity index (χ1v) is 7.29. The van der Waals surface area contributed by atoms with Gasteiger partial charge in [-0.25, -0.2) is 0 Å². The van der Waals surface area contributed by atoms with Crippen LogP contribution in [-0.4, -0.2) is 23.8 Å². The van der Waals surface area contributed by atoms with Crippen molar-refractivity contribution >= 4 is 28.4 Å². The molecule has 23 heavy (non-hydrogen) atoms. The van der Waals surface area contributed by atoms with Gasteiger partial charge in [0.15, 0.2) is 0 Å². The van der Waals surface area contributed by atoms with Gasteiger partial charge in [-0.1, -0.05) is 11.6 Å². The average molecular weight is 307 g/mol. The minimum atomic E-state index is -0.216. The van der Waals surface area contributed by atoms with Crippen LogP contribution in [0.2, 0.25) is 0 Å². The number of aromatic nitrogens is 1. The van der Waals surface area contributed by atoms with Gasteiger partial charge >= 0.3 is 0 Å². The predicted molar refractivity (Wildman–Crippen MR) is 90.8 cm³/mol. The summed E-state index contributed by atoms with van der Waals surface area (Å²) in [5.74, 6) is -0.375. The van der Waals surface area contributed by atoms with Crippen LogP contribution in [0.5, 0.6) is 0 Å². The van der Waals surface area contributed by atoms with E-state index >= 15 is 0 Å². The van der Waals surface area contributed by atoms with Gasteiger partial charge in [0.2, 0.25) is 0 Å². The molecule has 0 radical (unpaired) electrons. The fraction of sp³-hybridized carbons (Fsp3) is 0.111. The topological polar surface area (TPSA) is 74.0 Å². The molecule has 0 aliphatic heterocycles. The molecule has 0 fully saturated rings. The highest BCUT2D eigenvalue weighted by Crippen LogP contribution is 2.18. The normalized spacial score (nSPS) is 10.5. The Labute approximate surface area is 133 Å². The van der Waals surface area contributed by atoms with Crippen LogP contribution < -0.4 is 10.6 Å². The third-order valence-corrected chi connectivity index (χ3v) is 3.65. The van der Waals surface area contributed by atoms with Crippen molar-refractivity contribution in [2.45, 2.75) is 6.92 Å². The Morgan fingerprint density at radius 1 is 0.957 bits per heavy atom. The number of hydrogen-bond donors (Lipinski definition) is 3. The Morgan fingerprint density at radius 3 is 2.39 bits per heavy atom. The maximum absolute atomic E-state index is 12.3. The van der Waals surface area contributed by atoms with Gasteiger partial charge in [0.25, 0.3) is 11.8 Å². The second kappa shape index (κ2) is 5.96. The van der Waals surface area contributed by atoms with Crippen LogP contribution in [0.25, 0.3) is 10.9 Å². The van der Waals surface area contributed by atoms with Crippen molar-refractivity contribution in [3.8, 4) is 0 Å². The minimum absolute atomic E-state index is 0.158. The van der Waals surface area contributed by atoms with Crippen LogP contribution in [0, 0.1) is 6.92 Å². The number of anilines is 1. The summed E-state index contributed by atoms with van der Waals surface area (Å²) < 4.78 is 0. The summed E-state index contributed by atoms with van der Waals surface area (Å²) in [6, 6.07) is 14.6. The van der Waals surface area contributed by atoms with E-state index in [-0.39, 0.29) is 11.8 Å². The number of nitrogens with one attached hydrogen (secondary N) is 3. The maximum Gasteiger partial charge on any atom is 0.272 e. The molecular formula is C18H17N3O2. The molecule has 2 aromatic carbocycles. The molecule has 1 aromatic heterocycles. The second-order valence-electron chi connectivity index (χ2n) is 5.38. The Balaban J connectivity index is 1.78. The summed E-state index contributed by atoms with van der Waals surface area (Å²) in [5.41, 5.74) is 3.76. The number of aromatic amines is 1. The van der Waals surface area contributed by atoms with Crippen LogP contribution in [0.3, 0.4) is 0 Å². The molecule has 0 atom stereocenters. The first-order chi connectivity index (χ1) is 11.1. The zero-order valence-electron chi connectivity index (χ0n) is 12.9. The Bertz CT molecular complexity index is 879. The molecule has 3 rings (SSSR count). The molecule has 0 bridgehead atoms. The quantitative estimate of drug-likeness (QED) is 0.695. The molecule has 116 valence electrons. The predicted octanol–water partition coefficient (Wildman–Crippen LogP) is 3.09. The van der Waals surface area contributed by atoms with E-state index in [1.165, 1.54) is 0 Å². The summed E-state index contributed by atoms with van der Waals surface area (Å²) >= 11 is 0. The molecule has 5 nitrogen and oxygen atoms in total. The fourth-order valence-electron chi connectivity index (χ4n) is 2.42. The molecule has 1 heterocycles. The lowest BCUT2D eigenvalue weighted by molar-refractivity contribution is 0.0962. The first kappa shape index (κ1) is 14.8. The van der Waals surface area contributed by atoms with Gasteiger partial charge in [0.1, 0.15) is 5.69 Å². The average Bonchev–Trinajstić information content (AvgIpc) is 2.98. The Kier molecular flexibility index (Phi) is 3.85. The summed E-state index contributed by atoms with van der Waals surface area (Å²) in [6.45, 7) is 2.01. The fourth-order valence-corrected chi connectivity index (χ4v) is 2.42. The van der Waals surface area contributed by atoms with E-state index in [1.807, 2.05) is 31.2 Å². The number of carbonyl (C=O) groups is 2. The van der Waals surface area contributed by atoms with Crippen LogP contribution >= 0.6 is 0 Å². The molecular weight excluding hydrogens is 290 g/mol. The van der Waals surface area contributed by atoms with E-state index in [0.717, 1.165) is 16.5 Å². The number of H-pyrrole nitrogens is 1. The largest absolute Gasteiger partial charge is 0.355 e. The highest BCUT2D eigenvalue weighted by molar-refractivity contribution is 6.06. The maximum atomic E-state index is 12.3. The van der Waals surface area contributed by atoms with Crippen molar-refractivity contribution in [2.24, 2.45) is 0 Å². The van der Waals surface area contributed by atoms with Crippen molar-refractivity contribution in [1.82, 2.24) is 10.3 Å². The van der Waals surface area contributed by atoms with Crippen molar-refractivity contribution in [2.75, 3.05) is 12.4 Å². The number of hydrogen-bond acceptors (Lipinski definition) is 2. The lowest BCUT2D eigenvalue weighted by Crippen LogP contribution is -2.18. The van der Waals surface area contributed by atoms with Crippen LogP contribution in [0.15, 0.2) is 48.5 Å². The summed E-state index contributed by atoms with van der Waals surface area (Å²) in [4.78, 5) is 26.9. The summed E-state index contributed by atoms with van der Waals surface area (Å²) in [5, 5.41) is 6.38. The third-order valence-electron chi connectivity index (χ3n) is 3.65. The smallest absolute Gasteiger partial charge is 0.272 e. The van der Waals surface area contributed by atoms with Crippen LogP contribution in [0.1, 0.15) is 26.4 Å². The van der Waals surface area contributed by atoms with Gasteiger partial charge in [-0.05, 0) is 49.4 Å². The summed E-state index contributed by atoms with van der Waals surface area (Å²) in [7, 11) is 1.58. The number of fused-ring (bicyclic) bond motifs is 1. The van der Waals surface area contributed by atoms with Crippen molar-refractivity contribution < 1.29 is 9.59 Å². The Hall–Kier alpha value is -3.08. The van der Waals surface area contributed by atoms with Crippen LogP contribution in [-0.2, 0) is 0 Å². The van der Waals surface area contributed by atoms with E-state index in [2.05, 4.69) is 15.6 Å². The van der Waals surface area contributed by atoms with Gasteiger partial charge in [-0.15, -0.1) is 0 Å².